The quantitative estimate of drug-likeness (QED) is 0.607. The van der Waals surface area contributed by atoms with Crippen molar-refractivity contribution in [3.63, 3.8) is 0 Å². The summed E-state index contributed by atoms with van der Waals surface area (Å²) in [5, 5.41) is 6.70. The fraction of sp³-hybridized carbons (Fsp3) is 0.238. The lowest BCUT2D eigenvalue weighted by Gasteiger charge is -2.14. The van der Waals surface area contributed by atoms with Gasteiger partial charge in [0.25, 0.3) is 11.8 Å². The van der Waals surface area contributed by atoms with Crippen molar-refractivity contribution in [2.24, 2.45) is 0 Å². The van der Waals surface area contributed by atoms with Gasteiger partial charge in [-0.3, -0.25) is 9.59 Å². The van der Waals surface area contributed by atoms with Crippen LogP contribution >= 0.6 is 15.9 Å². The predicted molar refractivity (Wildman–Crippen MR) is 108 cm³/mol. The van der Waals surface area contributed by atoms with Crippen molar-refractivity contribution in [2.45, 2.75) is 31.7 Å². The SMILES string of the molecule is O=C(Nc1ccccc1C(=O)NC1CCCC1)c1cc2cccc(Br)c2o1. The van der Waals surface area contributed by atoms with Crippen LogP contribution in [0.3, 0.4) is 0 Å². The highest BCUT2D eigenvalue weighted by Crippen LogP contribution is 2.28. The molecular weight excluding hydrogens is 408 g/mol. The molecule has 1 aliphatic carbocycles. The highest BCUT2D eigenvalue weighted by Gasteiger charge is 2.21. The minimum Gasteiger partial charge on any atom is -0.450 e. The maximum Gasteiger partial charge on any atom is 0.291 e. The van der Waals surface area contributed by atoms with Crippen molar-refractivity contribution in [2.75, 3.05) is 5.32 Å². The molecule has 1 saturated carbocycles. The monoisotopic (exact) mass is 426 g/mol. The molecule has 0 atom stereocenters. The minimum absolute atomic E-state index is 0.162. The number of benzene rings is 2. The lowest BCUT2D eigenvalue weighted by Crippen LogP contribution is -2.33. The molecule has 2 aromatic carbocycles. The van der Waals surface area contributed by atoms with Gasteiger partial charge in [0.05, 0.1) is 15.7 Å². The summed E-state index contributed by atoms with van der Waals surface area (Å²) in [7, 11) is 0. The number of nitrogens with one attached hydrogen (secondary N) is 2. The van der Waals surface area contributed by atoms with E-state index in [0.29, 0.717) is 16.8 Å². The van der Waals surface area contributed by atoms with Crippen molar-refractivity contribution < 1.29 is 14.0 Å². The third kappa shape index (κ3) is 3.76. The number of carbonyl (C=O) groups is 2. The molecule has 1 heterocycles. The lowest BCUT2D eigenvalue weighted by molar-refractivity contribution is 0.0938. The summed E-state index contributed by atoms with van der Waals surface area (Å²) in [6.07, 6.45) is 4.30. The number of amides is 2. The van der Waals surface area contributed by atoms with Gasteiger partial charge in [0.15, 0.2) is 5.76 Å². The van der Waals surface area contributed by atoms with Gasteiger partial charge >= 0.3 is 0 Å². The number of furan rings is 1. The first-order chi connectivity index (χ1) is 13.1. The molecule has 0 saturated heterocycles. The maximum absolute atomic E-state index is 12.7. The van der Waals surface area contributed by atoms with E-state index in [-0.39, 0.29) is 23.6 Å². The molecule has 1 aromatic heterocycles. The highest BCUT2D eigenvalue weighted by atomic mass is 79.9. The van der Waals surface area contributed by atoms with E-state index in [1.165, 1.54) is 0 Å². The molecule has 2 amide bonds. The van der Waals surface area contributed by atoms with E-state index in [4.69, 9.17) is 4.42 Å². The highest BCUT2D eigenvalue weighted by molar-refractivity contribution is 9.10. The van der Waals surface area contributed by atoms with Crippen LogP contribution in [0.25, 0.3) is 11.0 Å². The van der Waals surface area contributed by atoms with Gasteiger partial charge in [-0.1, -0.05) is 37.1 Å². The van der Waals surface area contributed by atoms with E-state index in [9.17, 15) is 9.59 Å². The molecule has 1 aliphatic rings. The molecule has 27 heavy (non-hydrogen) atoms. The van der Waals surface area contributed by atoms with E-state index in [2.05, 4.69) is 26.6 Å². The van der Waals surface area contributed by atoms with Gasteiger partial charge in [-0.25, -0.2) is 0 Å². The molecule has 0 spiro atoms. The third-order valence-electron chi connectivity index (χ3n) is 4.83. The Morgan fingerprint density at radius 3 is 2.56 bits per heavy atom. The van der Waals surface area contributed by atoms with E-state index in [1.54, 1.807) is 30.3 Å². The van der Waals surface area contributed by atoms with Gasteiger partial charge in [0, 0.05) is 11.4 Å². The standard InChI is InChI=1S/C21H19BrN2O3/c22-16-10-5-6-13-12-18(27-19(13)16)21(26)24-17-11-4-3-9-15(17)20(25)23-14-7-1-2-8-14/h3-6,9-12,14H,1-2,7-8H2,(H,23,25)(H,24,26). The summed E-state index contributed by atoms with van der Waals surface area (Å²) in [5.41, 5.74) is 1.54. The van der Waals surface area contributed by atoms with E-state index >= 15 is 0 Å². The first kappa shape index (κ1) is 17.8. The van der Waals surface area contributed by atoms with Crippen molar-refractivity contribution >= 4 is 44.4 Å². The molecule has 2 N–H and O–H groups in total. The van der Waals surface area contributed by atoms with Gasteiger partial charge in [-0.2, -0.15) is 0 Å². The van der Waals surface area contributed by atoms with Gasteiger partial charge in [-0.15, -0.1) is 0 Å². The Bertz CT molecular complexity index is 1010. The summed E-state index contributed by atoms with van der Waals surface area (Å²) in [5.74, 6) is -0.354. The van der Waals surface area contributed by atoms with Crippen LogP contribution in [-0.4, -0.2) is 17.9 Å². The van der Waals surface area contributed by atoms with Crippen LogP contribution < -0.4 is 10.6 Å². The van der Waals surface area contributed by atoms with Gasteiger partial charge in [0.1, 0.15) is 5.58 Å². The van der Waals surface area contributed by atoms with Crippen LogP contribution in [0.5, 0.6) is 0 Å². The number of fused-ring (bicyclic) bond motifs is 1. The maximum atomic E-state index is 12.7. The van der Waals surface area contributed by atoms with Crippen LogP contribution in [-0.2, 0) is 0 Å². The molecule has 1 fully saturated rings. The summed E-state index contributed by atoms with van der Waals surface area (Å²) < 4.78 is 6.47. The van der Waals surface area contributed by atoms with Gasteiger partial charge in [-0.05, 0) is 53.0 Å². The van der Waals surface area contributed by atoms with E-state index in [0.717, 1.165) is 35.5 Å². The fourth-order valence-electron chi connectivity index (χ4n) is 3.45. The van der Waals surface area contributed by atoms with Crippen molar-refractivity contribution in [1.82, 2.24) is 5.32 Å². The zero-order valence-electron chi connectivity index (χ0n) is 14.6. The first-order valence-corrected chi connectivity index (χ1v) is 9.80. The summed E-state index contributed by atoms with van der Waals surface area (Å²) in [4.78, 5) is 25.3. The molecule has 6 heteroatoms. The topological polar surface area (TPSA) is 71.3 Å². The average Bonchev–Trinajstić information content (AvgIpc) is 3.32. The van der Waals surface area contributed by atoms with Crippen LogP contribution in [0, 0.1) is 0 Å². The normalized spacial score (nSPS) is 14.4. The molecule has 0 aliphatic heterocycles. The van der Waals surface area contributed by atoms with Crippen LogP contribution in [0.1, 0.15) is 46.6 Å². The molecule has 3 aromatic rings. The van der Waals surface area contributed by atoms with E-state index in [1.807, 2.05) is 18.2 Å². The molecular formula is C21H19BrN2O3. The number of carbonyl (C=O) groups excluding carboxylic acids is 2. The Kier molecular flexibility index (Phi) is 4.99. The van der Waals surface area contributed by atoms with Gasteiger partial charge in [0.2, 0.25) is 0 Å². The van der Waals surface area contributed by atoms with Crippen LogP contribution in [0.2, 0.25) is 0 Å². The second-order valence-corrected chi connectivity index (χ2v) is 7.58. The number of hydrogen-bond acceptors (Lipinski definition) is 3. The van der Waals surface area contributed by atoms with Crippen molar-refractivity contribution in [1.29, 1.82) is 0 Å². The fourth-order valence-corrected chi connectivity index (χ4v) is 3.91. The molecule has 5 nitrogen and oxygen atoms in total. The molecule has 138 valence electrons. The summed E-state index contributed by atoms with van der Waals surface area (Å²) in [6.45, 7) is 0. The molecule has 4 rings (SSSR count). The van der Waals surface area contributed by atoms with E-state index < -0.39 is 0 Å². The molecule has 0 bridgehead atoms. The number of anilines is 1. The Morgan fingerprint density at radius 1 is 1.00 bits per heavy atom. The summed E-state index contributed by atoms with van der Waals surface area (Å²) in [6, 6.07) is 14.5. The smallest absolute Gasteiger partial charge is 0.291 e. The minimum atomic E-state index is -0.390. The van der Waals surface area contributed by atoms with Crippen molar-refractivity contribution in [3.8, 4) is 0 Å². The zero-order valence-corrected chi connectivity index (χ0v) is 16.2. The second kappa shape index (κ2) is 7.56. The van der Waals surface area contributed by atoms with Crippen LogP contribution in [0.15, 0.2) is 57.4 Å². The van der Waals surface area contributed by atoms with Gasteiger partial charge < -0.3 is 15.1 Å². The first-order valence-electron chi connectivity index (χ1n) is 9.01. The number of rotatable bonds is 4. The average molecular weight is 427 g/mol. The zero-order chi connectivity index (χ0) is 18.8. The largest absolute Gasteiger partial charge is 0.450 e. The number of halogens is 1. The predicted octanol–water partition coefficient (Wildman–Crippen LogP) is 5.12. The molecule has 0 radical (unpaired) electrons. The number of hydrogen-bond donors (Lipinski definition) is 2. The molecule has 0 unspecified atom stereocenters. The Morgan fingerprint density at radius 2 is 1.78 bits per heavy atom. The Labute approximate surface area is 165 Å². The summed E-state index contributed by atoms with van der Waals surface area (Å²) >= 11 is 3.42. The Hall–Kier alpha value is -2.60. The van der Waals surface area contributed by atoms with Crippen LogP contribution in [0.4, 0.5) is 5.69 Å². The second-order valence-electron chi connectivity index (χ2n) is 6.72. The lowest BCUT2D eigenvalue weighted by atomic mass is 10.1. The van der Waals surface area contributed by atoms with Crippen molar-refractivity contribution in [3.05, 3.63) is 64.3 Å². The third-order valence-corrected chi connectivity index (χ3v) is 5.45. The Balaban J connectivity index is 1.55. The number of para-hydroxylation sites is 2.